The van der Waals surface area contributed by atoms with Crippen LogP contribution < -0.4 is 5.06 Å². The van der Waals surface area contributed by atoms with Crippen molar-refractivity contribution in [1.29, 1.82) is 0 Å². The summed E-state index contributed by atoms with van der Waals surface area (Å²) >= 11 is 0. The maximum atomic E-state index is 12.2. The Labute approximate surface area is 180 Å². The van der Waals surface area contributed by atoms with E-state index in [1.165, 1.54) is 53.6 Å². The molecule has 0 saturated carbocycles. The molecule has 0 N–H and O–H groups in total. The highest BCUT2D eigenvalue weighted by molar-refractivity contribution is 5.49. The topological polar surface area (TPSA) is 142 Å². The molecule has 1 aliphatic rings. The van der Waals surface area contributed by atoms with Crippen LogP contribution in [0.2, 0.25) is 0 Å². The van der Waals surface area contributed by atoms with E-state index in [9.17, 15) is 30.3 Å². The third-order valence-electron chi connectivity index (χ3n) is 5.25. The average molecular weight is 436 g/mol. The third kappa shape index (κ3) is 3.84. The number of nitrogens with zero attached hydrogens (tertiary/aromatic N) is 4. The summed E-state index contributed by atoms with van der Waals surface area (Å²) in [6.07, 6.45) is -1.04. The molecule has 0 aromatic heterocycles. The van der Waals surface area contributed by atoms with E-state index < -0.39 is 33.0 Å². The van der Waals surface area contributed by atoms with Gasteiger partial charge in [0.15, 0.2) is 12.1 Å². The van der Waals surface area contributed by atoms with Gasteiger partial charge in [-0.25, -0.2) is 5.06 Å². The summed E-state index contributed by atoms with van der Waals surface area (Å²) in [7, 11) is 0. The molecule has 162 valence electrons. The number of nitro groups is 3. The molecule has 0 amide bonds. The van der Waals surface area contributed by atoms with Crippen LogP contribution in [0.4, 0.5) is 17.1 Å². The molecule has 11 heteroatoms. The maximum absolute atomic E-state index is 12.2. The number of nitro benzene ring substituents is 2. The fourth-order valence-corrected chi connectivity index (χ4v) is 3.75. The van der Waals surface area contributed by atoms with Gasteiger partial charge in [-0.2, -0.15) is 0 Å². The Morgan fingerprint density at radius 2 is 1.19 bits per heavy atom. The van der Waals surface area contributed by atoms with Gasteiger partial charge in [0.25, 0.3) is 17.4 Å². The molecule has 1 aliphatic heterocycles. The van der Waals surface area contributed by atoms with Crippen molar-refractivity contribution in [2.75, 3.05) is 5.06 Å². The zero-order valence-electron chi connectivity index (χ0n) is 16.4. The van der Waals surface area contributed by atoms with Crippen LogP contribution in [-0.2, 0) is 4.84 Å². The van der Waals surface area contributed by atoms with E-state index in [1.807, 2.05) is 0 Å². The summed E-state index contributed by atoms with van der Waals surface area (Å²) in [5, 5.41) is 35.6. The summed E-state index contributed by atoms with van der Waals surface area (Å²) in [6, 6.07) is 17.5. The van der Waals surface area contributed by atoms with Gasteiger partial charge in [-0.05, 0) is 47.5 Å². The fourth-order valence-electron chi connectivity index (χ4n) is 3.75. The van der Waals surface area contributed by atoms with E-state index in [-0.39, 0.29) is 11.4 Å². The number of hydrogen-bond donors (Lipinski definition) is 0. The van der Waals surface area contributed by atoms with Crippen molar-refractivity contribution in [3.8, 4) is 0 Å². The van der Waals surface area contributed by atoms with Gasteiger partial charge in [0.1, 0.15) is 0 Å². The smallest absolute Gasteiger partial charge is 0.264 e. The highest BCUT2D eigenvalue weighted by Crippen LogP contribution is 2.46. The van der Waals surface area contributed by atoms with Crippen molar-refractivity contribution in [2.45, 2.75) is 18.2 Å². The van der Waals surface area contributed by atoms with Crippen LogP contribution in [0, 0.1) is 30.3 Å². The summed E-state index contributed by atoms with van der Waals surface area (Å²) < 4.78 is 0. The van der Waals surface area contributed by atoms with Gasteiger partial charge < -0.3 is 0 Å². The quantitative estimate of drug-likeness (QED) is 0.409. The lowest BCUT2D eigenvalue weighted by atomic mass is 9.92. The van der Waals surface area contributed by atoms with Crippen LogP contribution in [0.25, 0.3) is 0 Å². The minimum atomic E-state index is -1.28. The number of hydroxylamine groups is 1. The zero-order chi connectivity index (χ0) is 22.8. The van der Waals surface area contributed by atoms with E-state index in [4.69, 9.17) is 4.84 Å². The predicted molar refractivity (Wildman–Crippen MR) is 112 cm³/mol. The molecule has 1 saturated heterocycles. The van der Waals surface area contributed by atoms with Gasteiger partial charge in [0, 0.05) is 29.2 Å². The van der Waals surface area contributed by atoms with Gasteiger partial charge in [-0.15, -0.1) is 0 Å². The molecule has 0 bridgehead atoms. The zero-order valence-corrected chi connectivity index (χ0v) is 16.4. The molecular weight excluding hydrogens is 420 g/mol. The average Bonchev–Trinajstić information content (AvgIpc) is 3.21. The van der Waals surface area contributed by atoms with Crippen LogP contribution in [0.1, 0.15) is 23.3 Å². The van der Waals surface area contributed by atoms with Crippen LogP contribution in [-0.4, -0.2) is 20.8 Å². The number of para-hydroxylation sites is 1. The minimum absolute atomic E-state index is 0.136. The summed E-state index contributed by atoms with van der Waals surface area (Å²) in [6.45, 7) is 0. The predicted octanol–water partition coefficient (Wildman–Crippen LogP) is 4.38. The molecule has 1 fully saturated rings. The molecule has 3 aromatic rings. The molecule has 0 radical (unpaired) electrons. The molecule has 0 unspecified atom stereocenters. The molecule has 0 aliphatic carbocycles. The van der Waals surface area contributed by atoms with Crippen molar-refractivity contribution >= 4 is 17.1 Å². The summed E-state index contributed by atoms with van der Waals surface area (Å²) in [5.41, 5.74) is 1.15. The van der Waals surface area contributed by atoms with Gasteiger partial charge in [0.05, 0.1) is 15.5 Å². The Morgan fingerprint density at radius 3 is 1.66 bits per heavy atom. The number of rotatable bonds is 6. The Balaban J connectivity index is 1.80. The van der Waals surface area contributed by atoms with Crippen LogP contribution >= 0.6 is 0 Å². The standard InChI is InChI=1S/C21H16N4O7/c26-23(27)17-10-6-14(7-11-17)19-20(25(30)31)21(15-8-12-18(13-9-15)24(28)29)32-22(19)16-4-2-1-3-5-16/h1-13,19-21H/t19-,20-,21+/m1/s1. The van der Waals surface area contributed by atoms with Crippen molar-refractivity contribution in [3.63, 3.8) is 0 Å². The van der Waals surface area contributed by atoms with Gasteiger partial charge in [-0.1, -0.05) is 18.2 Å². The molecule has 0 spiro atoms. The number of hydrogen-bond acceptors (Lipinski definition) is 8. The summed E-state index contributed by atoms with van der Waals surface area (Å²) in [5.74, 6) is 0. The molecule has 1 heterocycles. The van der Waals surface area contributed by atoms with E-state index in [1.54, 1.807) is 30.3 Å². The fraction of sp³-hybridized carbons (Fsp3) is 0.143. The van der Waals surface area contributed by atoms with Crippen LogP contribution in [0.15, 0.2) is 78.9 Å². The number of benzene rings is 3. The van der Waals surface area contributed by atoms with Crippen molar-refractivity contribution in [2.24, 2.45) is 0 Å². The Kier molecular flexibility index (Phi) is 5.48. The number of non-ortho nitro benzene ring substituents is 2. The third-order valence-corrected chi connectivity index (χ3v) is 5.25. The molecule has 11 nitrogen and oxygen atoms in total. The SMILES string of the molecule is O=[N+]([O-])c1ccc([C@@H]2[C@@H]([N+](=O)[O-])[C@H](c3ccc([N+](=O)[O-])cc3)ON2c2ccccc2)cc1. The largest absolute Gasteiger partial charge is 0.272 e. The van der Waals surface area contributed by atoms with Gasteiger partial charge >= 0.3 is 0 Å². The first-order valence-corrected chi connectivity index (χ1v) is 9.50. The van der Waals surface area contributed by atoms with Crippen LogP contribution in [0.3, 0.4) is 0 Å². The highest BCUT2D eigenvalue weighted by atomic mass is 16.7. The highest BCUT2D eigenvalue weighted by Gasteiger charge is 2.53. The molecule has 4 rings (SSSR count). The molecular formula is C21H16N4O7. The van der Waals surface area contributed by atoms with E-state index in [0.717, 1.165) is 0 Å². The maximum Gasteiger partial charge on any atom is 0.272 e. The number of anilines is 1. The molecule has 3 aromatic carbocycles. The van der Waals surface area contributed by atoms with Crippen molar-refractivity contribution in [1.82, 2.24) is 0 Å². The second kappa shape index (κ2) is 8.40. The first-order valence-electron chi connectivity index (χ1n) is 9.50. The monoisotopic (exact) mass is 436 g/mol. The normalized spacial score (nSPS) is 20.1. The van der Waals surface area contributed by atoms with E-state index in [2.05, 4.69) is 0 Å². The first-order chi connectivity index (χ1) is 15.4. The van der Waals surface area contributed by atoms with E-state index >= 15 is 0 Å². The lowest BCUT2D eigenvalue weighted by Gasteiger charge is -2.24. The van der Waals surface area contributed by atoms with Gasteiger partial charge in [0.2, 0.25) is 0 Å². The van der Waals surface area contributed by atoms with E-state index in [0.29, 0.717) is 16.8 Å². The summed E-state index contributed by atoms with van der Waals surface area (Å²) in [4.78, 5) is 38.6. The Hall–Kier alpha value is -4.38. The Morgan fingerprint density at radius 1 is 0.688 bits per heavy atom. The van der Waals surface area contributed by atoms with Crippen molar-refractivity contribution in [3.05, 3.63) is 120 Å². The van der Waals surface area contributed by atoms with Gasteiger partial charge in [-0.3, -0.25) is 35.2 Å². The molecule has 32 heavy (non-hydrogen) atoms. The van der Waals surface area contributed by atoms with Crippen LogP contribution in [0.5, 0.6) is 0 Å². The second-order valence-electron chi connectivity index (χ2n) is 7.11. The van der Waals surface area contributed by atoms with Crippen molar-refractivity contribution < 1.29 is 19.6 Å². The lowest BCUT2D eigenvalue weighted by molar-refractivity contribution is -0.531. The molecule has 3 atom stereocenters. The Bertz CT molecular complexity index is 1150. The minimum Gasteiger partial charge on any atom is -0.264 e. The second-order valence-corrected chi connectivity index (χ2v) is 7.11. The first kappa shape index (κ1) is 20.9. The lowest BCUT2D eigenvalue weighted by Crippen LogP contribution is -2.32.